The second-order valence-electron chi connectivity index (χ2n) is 12.9. The van der Waals surface area contributed by atoms with Crippen LogP contribution >= 0.6 is 0 Å². The molecule has 0 unspecified atom stereocenters. The van der Waals surface area contributed by atoms with Crippen LogP contribution in [0.25, 0.3) is 54.6 Å². The Hall–Kier alpha value is -5.66. The zero-order valence-electron chi connectivity index (χ0n) is 26.0. The summed E-state index contributed by atoms with van der Waals surface area (Å²) in [5.74, 6) is 0. The van der Waals surface area contributed by atoms with Crippen LogP contribution in [-0.4, -0.2) is 0 Å². The van der Waals surface area contributed by atoms with Crippen LogP contribution < -0.4 is 4.90 Å². The number of hydrogen-bond donors (Lipinski definition) is 0. The predicted molar refractivity (Wildman–Crippen MR) is 197 cm³/mol. The van der Waals surface area contributed by atoms with Gasteiger partial charge in [0.1, 0.15) is 0 Å². The van der Waals surface area contributed by atoms with E-state index < -0.39 is 0 Å². The minimum Gasteiger partial charge on any atom is -0.309 e. The number of para-hydroxylation sites is 1. The fourth-order valence-corrected chi connectivity index (χ4v) is 7.81. The van der Waals surface area contributed by atoms with Gasteiger partial charge >= 0.3 is 0 Å². The molecular formula is C45H33N. The molecule has 0 heterocycles. The highest BCUT2D eigenvalue weighted by atomic mass is 15.1. The van der Waals surface area contributed by atoms with Crippen molar-refractivity contribution in [1.29, 1.82) is 0 Å². The Balaban J connectivity index is 1.41. The Kier molecular flexibility index (Phi) is 5.92. The first kappa shape index (κ1) is 26.7. The van der Waals surface area contributed by atoms with Gasteiger partial charge in [-0.1, -0.05) is 153 Å². The minimum absolute atomic E-state index is 0.106. The zero-order valence-corrected chi connectivity index (χ0v) is 26.0. The Labute approximate surface area is 270 Å². The van der Waals surface area contributed by atoms with E-state index in [4.69, 9.17) is 0 Å². The third-order valence-corrected chi connectivity index (χ3v) is 10.0. The molecule has 1 aliphatic rings. The number of fused-ring (bicyclic) bond motifs is 8. The van der Waals surface area contributed by atoms with Crippen LogP contribution in [0.4, 0.5) is 17.1 Å². The number of benzene rings is 8. The number of nitrogens with zero attached hydrogens (tertiary/aromatic N) is 1. The number of rotatable bonds is 4. The molecule has 0 fully saturated rings. The van der Waals surface area contributed by atoms with Crippen molar-refractivity contribution in [3.8, 4) is 22.3 Å². The Morgan fingerprint density at radius 1 is 0.413 bits per heavy atom. The van der Waals surface area contributed by atoms with Gasteiger partial charge in [0, 0.05) is 22.1 Å². The Morgan fingerprint density at radius 2 is 1.07 bits per heavy atom. The van der Waals surface area contributed by atoms with Gasteiger partial charge in [0.15, 0.2) is 0 Å². The maximum Gasteiger partial charge on any atom is 0.0552 e. The van der Waals surface area contributed by atoms with Crippen LogP contribution in [0.3, 0.4) is 0 Å². The first-order valence-electron chi connectivity index (χ1n) is 16.1. The fraction of sp³-hybridized carbons (Fsp3) is 0.0667. The van der Waals surface area contributed by atoms with Crippen molar-refractivity contribution in [2.45, 2.75) is 19.3 Å². The molecule has 9 rings (SSSR count). The van der Waals surface area contributed by atoms with Crippen LogP contribution in [0.1, 0.15) is 25.0 Å². The van der Waals surface area contributed by atoms with Gasteiger partial charge in [-0.25, -0.2) is 0 Å². The molecule has 0 N–H and O–H groups in total. The Morgan fingerprint density at radius 3 is 1.91 bits per heavy atom. The summed E-state index contributed by atoms with van der Waals surface area (Å²) < 4.78 is 0. The second-order valence-corrected chi connectivity index (χ2v) is 12.9. The lowest BCUT2D eigenvalue weighted by Crippen LogP contribution is -2.17. The fourth-order valence-electron chi connectivity index (χ4n) is 7.81. The first-order chi connectivity index (χ1) is 22.6. The van der Waals surface area contributed by atoms with Gasteiger partial charge in [0.2, 0.25) is 0 Å². The van der Waals surface area contributed by atoms with Crippen LogP contribution in [-0.2, 0) is 5.41 Å². The normalized spacial score (nSPS) is 13.2. The molecule has 46 heavy (non-hydrogen) atoms. The molecule has 1 nitrogen and oxygen atoms in total. The summed E-state index contributed by atoms with van der Waals surface area (Å²) in [6.45, 7) is 4.73. The summed E-state index contributed by atoms with van der Waals surface area (Å²) in [7, 11) is 0. The smallest absolute Gasteiger partial charge is 0.0552 e. The van der Waals surface area contributed by atoms with Crippen molar-refractivity contribution in [3.63, 3.8) is 0 Å². The first-order valence-corrected chi connectivity index (χ1v) is 16.1. The van der Waals surface area contributed by atoms with Gasteiger partial charge in [0.25, 0.3) is 0 Å². The molecule has 0 aliphatic heterocycles. The summed E-state index contributed by atoms with van der Waals surface area (Å²) in [5, 5.41) is 7.54. The van der Waals surface area contributed by atoms with Crippen molar-refractivity contribution >= 4 is 49.4 Å². The van der Waals surface area contributed by atoms with Gasteiger partial charge in [-0.05, 0) is 79.0 Å². The Bertz CT molecular complexity index is 2450. The van der Waals surface area contributed by atoms with Crippen molar-refractivity contribution < 1.29 is 0 Å². The monoisotopic (exact) mass is 587 g/mol. The van der Waals surface area contributed by atoms with Gasteiger partial charge in [-0.2, -0.15) is 0 Å². The standard InChI is InChI=1S/C45H33N/c1-45(2)40-22-12-10-21-37(40)38-27-25-33(29-41(38)45)46(42-23-13-11-19-35(42)30-14-4-3-5-15-30)43-28-32-17-7-8-18-34(32)39-26-24-31-16-6-9-20-36(31)44(39)43/h3-29H,1-2H3. The lowest BCUT2D eigenvalue weighted by molar-refractivity contribution is 0.660. The van der Waals surface area contributed by atoms with E-state index in [0.29, 0.717) is 0 Å². The lowest BCUT2D eigenvalue weighted by Gasteiger charge is -2.31. The van der Waals surface area contributed by atoms with E-state index in [2.05, 4.69) is 183 Å². The molecule has 0 saturated heterocycles. The summed E-state index contributed by atoms with van der Waals surface area (Å²) in [6, 6.07) is 60.2. The summed E-state index contributed by atoms with van der Waals surface area (Å²) >= 11 is 0. The molecule has 0 amide bonds. The maximum atomic E-state index is 2.52. The second kappa shape index (κ2) is 10.2. The lowest BCUT2D eigenvalue weighted by atomic mass is 9.82. The third kappa shape index (κ3) is 3.95. The maximum absolute atomic E-state index is 2.52. The van der Waals surface area contributed by atoms with Gasteiger partial charge < -0.3 is 4.90 Å². The molecule has 0 saturated carbocycles. The molecule has 1 heteroatoms. The SMILES string of the molecule is CC1(C)c2ccccc2-c2ccc(N(c3ccccc3-c3ccccc3)c3cc4ccccc4c4ccc5ccccc5c34)cc21. The van der Waals surface area contributed by atoms with E-state index in [1.165, 1.54) is 71.4 Å². The summed E-state index contributed by atoms with van der Waals surface area (Å²) in [6.07, 6.45) is 0. The third-order valence-electron chi connectivity index (χ3n) is 10.0. The van der Waals surface area contributed by atoms with E-state index >= 15 is 0 Å². The molecule has 1 aliphatic carbocycles. The van der Waals surface area contributed by atoms with Gasteiger partial charge in [-0.15, -0.1) is 0 Å². The van der Waals surface area contributed by atoms with Crippen molar-refractivity contribution in [2.75, 3.05) is 4.90 Å². The van der Waals surface area contributed by atoms with Crippen molar-refractivity contribution in [1.82, 2.24) is 0 Å². The average Bonchev–Trinajstić information content (AvgIpc) is 3.34. The van der Waals surface area contributed by atoms with Crippen molar-refractivity contribution in [2.24, 2.45) is 0 Å². The summed E-state index contributed by atoms with van der Waals surface area (Å²) in [5.41, 5.74) is 11.2. The molecule has 0 aromatic heterocycles. The average molecular weight is 588 g/mol. The van der Waals surface area contributed by atoms with E-state index in [1.807, 2.05) is 0 Å². The molecule has 218 valence electrons. The summed E-state index contributed by atoms with van der Waals surface area (Å²) in [4.78, 5) is 2.52. The quantitative estimate of drug-likeness (QED) is 0.185. The van der Waals surface area contributed by atoms with Crippen LogP contribution in [0.15, 0.2) is 164 Å². The highest BCUT2D eigenvalue weighted by Gasteiger charge is 2.36. The van der Waals surface area contributed by atoms with E-state index in [-0.39, 0.29) is 5.41 Å². The van der Waals surface area contributed by atoms with Gasteiger partial charge in [-0.3, -0.25) is 0 Å². The van der Waals surface area contributed by atoms with Gasteiger partial charge in [0.05, 0.1) is 11.4 Å². The topological polar surface area (TPSA) is 3.24 Å². The van der Waals surface area contributed by atoms with Crippen molar-refractivity contribution in [3.05, 3.63) is 175 Å². The highest BCUT2D eigenvalue weighted by molar-refractivity contribution is 6.23. The highest BCUT2D eigenvalue weighted by Crippen LogP contribution is 2.52. The minimum atomic E-state index is -0.106. The molecule has 0 atom stereocenters. The molecule has 0 spiro atoms. The largest absolute Gasteiger partial charge is 0.309 e. The molecule has 8 aromatic rings. The van der Waals surface area contributed by atoms with E-state index in [9.17, 15) is 0 Å². The predicted octanol–water partition coefficient (Wildman–Crippen LogP) is 12.6. The number of anilines is 3. The zero-order chi connectivity index (χ0) is 30.8. The van der Waals surface area contributed by atoms with E-state index in [1.54, 1.807) is 0 Å². The van der Waals surface area contributed by atoms with Crippen LogP contribution in [0.5, 0.6) is 0 Å². The number of hydrogen-bond acceptors (Lipinski definition) is 1. The van der Waals surface area contributed by atoms with Crippen LogP contribution in [0, 0.1) is 0 Å². The van der Waals surface area contributed by atoms with Crippen LogP contribution in [0.2, 0.25) is 0 Å². The molecule has 8 aromatic carbocycles. The molecule has 0 bridgehead atoms. The molecule has 0 radical (unpaired) electrons. The van der Waals surface area contributed by atoms with E-state index in [0.717, 1.165) is 11.4 Å². The molecular weight excluding hydrogens is 555 g/mol.